The van der Waals surface area contributed by atoms with Crippen molar-refractivity contribution in [2.75, 3.05) is 18.4 Å². The van der Waals surface area contributed by atoms with E-state index in [9.17, 15) is 13.2 Å². The van der Waals surface area contributed by atoms with Gasteiger partial charge in [-0.25, -0.2) is 12.7 Å². The van der Waals surface area contributed by atoms with Gasteiger partial charge in [-0.2, -0.15) is 0 Å². The molecule has 0 bridgehead atoms. The zero-order valence-electron chi connectivity index (χ0n) is 14.9. The van der Waals surface area contributed by atoms with Gasteiger partial charge in [0.05, 0.1) is 5.75 Å². The Kier molecular flexibility index (Phi) is 5.74. The lowest BCUT2D eigenvalue weighted by atomic mass is 9.97. The molecule has 1 heterocycles. The normalized spacial score (nSPS) is 16.3. The fourth-order valence-corrected chi connectivity index (χ4v) is 4.80. The SMILES string of the molecule is Cc1cccc(NC(=O)C2CCN(S(=O)(=O)Cc3ccccc3)CC2)c1. The Balaban J connectivity index is 1.55. The standard InChI is InChI=1S/C20H24N2O3S/c1-16-6-5-9-19(14-16)21-20(23)18-10-12-22(13-11-18)26(24,25)15-17-7-3-2-4-8-17/h2-9,14,18H,10-13,15H2,1H3,(H,21,23). The Morgan fingerprint density at radius 2 is 1.77 bits per heavy atom. The molecule has 1 fully saturated rings. The number of hydrogen-bond acceptors (Lipinski definition) is 3. The lowest BCUT2D eigenvalue weighted by molar-refractivity contribution is -0.120. The zero-order valence-corrected chi connectivity index (χ0v) is 15.7. The number of sulfonamides is 1. The Labute approximate surface area is 155 Å². The highest BCUT2D eigenvalue weighted by atomic mass is 32.2. The van der Waals surface area contributed by atoms with E-state index < -0.39 is 10.0 Å². The predicted octanol–water partition coefficient (Wildman–Crippen LogP) is 3.18. The Morgan fingerprint density at radius 1 is 1.08 bits per heavy atom. The maximum absolute atomic E-state index is 12.6. The summed E-state index contributed by atoms with van der Waals surface area (Å²) in [5.74, 6) is -0.178. The van der Waals surface area contributed by atoms with Crippen LogP contribution in [0.5, 0.6) is 0 Å². The summed E-state index contributed by atoms with van der Waals surface area (Å²) < 4.78 is 26.7. The molecule has 6 heteroatoms. The van der Waals surface area contributed by atoms with E-state index in [0.717, 1.165) is 16.8 Å². The molecule has 1 aliphatic rings. The Bertz CT molecular complexity index is 858. The molecule has 5 nitrogen and oxygen atoms in total. The van der Waals surface area contributed by atoms with Crippen LogP contribution in [-0.4, -0.2) is 31.7 Å². The molecular weight excluding hydrogens is 348 g/mol. The van der Waals surface area contributed by atoms with E-state index >= 15 is 0 Å². The van der Waals surface area contributed by atoms with E-state index in [-0.39, 0.29) is 17.6 Å². The number of aryl methyl sites for hydroxylation is 1. The highest BCUT2D eigenvalue weighted by molar-refractivity contribution is 7.88. The number of rotatable bonds is 5. The minimum absolute atomic E-state index is 0.00793. The van der Waals surface area contributed by atoms with Gasteiger partial charge in [0.1, 0.15) is 0 Å². The highest BCUT2D eigenvalue weighted by Gasteiger charge is 2.31. The van der Waals surface area contributed by atoms with E-state index in [1.165, 1.54) is 4.31 Å². The van der Waals surface area contributed by atoms with Crippen LogP contribution in [0.15, 0.2) is 54.6 Å². The van der Waals surface area contributed by atoms with E-state index in [2.05, 4.69) is 5.32 Å². The average molecular weight is 372 g/mol. The molecule has 0 unspecified atom stereocenters. The molecule has 0 atom stereocenters. The molecule has 1 aliphatic heterocycles. The van der Waals surface area contributed by atoms with Gasteiger partial charge < -0.3 is 5.32 Å². The maximum Gasteiger partial charge on any atom is 0.227 e. The minimum atomic E-state index is -3.35. The number of nitrogens with zero attached hydrogens (tertiary/aromatic N) is 1. The first-order chi connectivity index (χ1) is 12.4. The van der Waals surface area contributed by atoms with Crippen LogP contribution in [0, 0.1) is 12.8 Å². The van der Waals surface area contributed by atoms with Crippen LogP contribution >= 0.6 is 0 Å². The second kappa shape index (κ2) is 8.01. The van der Waals surface area contributed by atoms with Crippen LogP contribution in [0.3, 0.4) is 0 Å². The Hall–Kier alpha value is -2.18. The van der Waals surface area contributed by atoms with Crippen molar-refractivity contribution in [1.29, 1.82) is 0 Å². The maximum atomic E-state index is 12.6. The second-order valence-corrected chi connectivity index (χ2v) is 8.74. The predicted molar refractivity (Wildman–Crippen MR) is 103 cm³/mol. The van der Waals surface area contributed by atoms with Crippen LogP contribution in [0.25, 0.3) is 0 Å². The van der Waals surface area contributed by atoms with Crippen LogP contribution in [0.1, 0.15) is 24.0 Å². The summed E-state index contributed by atoms with van der Waals surface area (Å²) in [6.07, 6.45) is 1.09. The van der Waals surface area contributed by atoms with Crippen molar-refractivity contribution in [2.24, 2.45) is 5.92 Å². The molecule has 2 aromatic carbocycles. The number of carbonyl (C=O) groups is 1. The van der Waals surface area contributed by atoms with E-state index in [0.29, 0.717) is 25.9 Å². The van der Waals surface area contributed by atoms with Gasteiger partial charge in [-0.1, -0.05) is 42.5 Å². The molecule has 1 amide bonds. The molecule has 26 heavy (non-hydrogen) atoms. The summed E-state index contributed by atoms with van der Waals surface area (Å²) in [5, 5.41) is 2.94. The quantitative estimate of drug-likeness (QED) is 0.877. The summed E-state index contributed by atoms with van der Waals surface area (Å²) >= 11 is 0. The first-order valence-corrected chi connectivity index (χ1v) is 10.4. The van der Waals surface area contributed by atoms with Gasteiger partial charge in [0.2, 0.25) is 15.9 Å². The number of piperidine rings is 1. The van der Waals surface area contributed by atoms with Crippen molar-refractivity contribution >= 4 is 21.6 Å². The van der Waals surface area contributed by atoms with Crippen molar-refractivity contribution in [2.45, 2.75) is 25.5 Å². The molecule has 2 aromatic rings. The van der Waals surface area contributed by atoms with Gasteiger partial charge in [-0.05, 0) is 43.0 Å². The van der Waals surface area contributed by atoms with Gasteiger partial charge in [0, 0.05) is 24.7 Å². The Morgan fingerprint density at radius 3 is 2.42 bits per heavy atom. The van der Waals surface area contributed by atoms with Crippen LogP contribution in [-0.2, 0) is 20.6 Å². The van der Waals surface area contributed by atoms with Crippen molar-refractivity contribution < 1.29 is 13.2 Å². The molecule has 138 valence electrons. The number of benzene rings is 2. The lowest BCUT2D eigenvalue weighted by Crippen LogP contribution is -2.41. The molecule has 0 aromatic heterocycles. The first kappa shape index (κ1) is 18.6. The monoisotopic (exact) mass is 372 g/mol. The summed E-state index contributed by atoms with van der Waals surface area (Å²) in [4.78, 5) is 12.4. The van der Waals surface area contributed by atoms with Crippen LogP contribution in [0.2, 0.25) is 0 Å². The molecular formula is C20H24N2O3S. The van der Waals surface area contributed by atoms with Gasteiger partial charge in [-0.3, -0.25) is 4.79 Å². The molecule has 0 saturated carbocycles. The first-order valence-electron chi connectivity index (χ1n) is 8.83. The second-order valence-electron chi connectivity index (χ2n) is 6.77. The number of nitrogens with one attached hydrogen (secondary N) is 1. The average Bonchev–Trinajstić information content (AvgIpc) is 2.62. The molecule has 1 N–H and O–H groups in total. The summed E-state index contributed by atoms with van der Waals surface area (Å²) in [6.45, 7) is 2.76. The molecule has 3 rings (SSSR count). The van der Waals surface area contributed by atoms with Gasteiger partial charge in [-0.15, -0.1) is 0 Å². The lowest BCUT2D eigenvalue weighted by Gasteiger charge is -2.30. The van der Waals surface area contributed by atoms with Crippen molar-refractivity contribution in [3.63, 3.8) is 0 Å². The third kappa shape index (κ3) is 4.71. The third-order valence-electron chi connectivity index (χ3n) is 4.70. The minimum Gasteiger partial charge on any atom is -0.326 e. The van der Waals surface area contributed by atoms with Crippen molar-refractivity contribution in [3.8, 4) is 0 Å². The highest BCUT2D eigenvalue weighted by Crippen LogP contribution is 2.23. The topological polar surface area (TPSA) is 66.5 Å². The third-order valence-corrected chi connectivity index (χ3v) is 6.55. The fraction of sp³-hybridized carbons (Fsp3) is 0.350. The van der Waals surface area contributed by atoms with Gasteiger partial charge in [0.25, 0.3) is 0 Å². The summed E-state index contributed by atoms with van der Waals surface area (Å²) in [6, 6.07) is 16.9. The number of amides is 1. The van der Waals surface area contributed by atoms with Gasteiger partial charge >= 0.3 is 0 Å². The number of anilines is 1. The van der Waals surface area contributed by atoms with E-state index in [1.807, 2.05) is 61.5 Å². The van der Waals surface area contributed by atoms with E-state index in [1.54, 1.807) is 0 Å². The van der Waals surface area contributed by atoms with Crippen LogP contribution in [0.4, 0.5) is 5.69 Å². The van der Waals surface area contributed by atoms with Crippen molar-refractivity contribution in [3.05, 3.63) is 65.7 Å². The number of hydrogen-bond donors (Lipinski definition) is 1. The van der Waals surface area contributed by atoms with E-state index in [4.69, 9.17) is 0 Å². The molecule has 1 saturated heterocycles. The fourth-order valence-electron chi connectivity index (χ4n) is 3.24. The van der Waals surface area contributed by atoms with Crippen LogP contribution < -0.4 is 5.32 Å². The smallest absolute Gasteiger partial charge is 0.227 e. The molecule has 0 spiro atoms. The van der Waals surface area contributed by atoms with Crippen molar-refractivity contribution in [1.82, 2.24) is 4.31 Å². The zero-order chi connectivity index (χ0) is 18.6. The van der Waals surface area contributed by atoms with Gasteiger partial charge in [0.15, 0.2) is 0 Å². The summed E-state index contributed by atoms with van der Waals surface area (Å²) in [5.41, 5.74) is 2.66. The summed E-state index contributed by atoms with van der Waals surface area (Å²) in [7, 11) is -3.35. The largest absolute Gasteiger partial charge is 0.326 e. The molecule has 0 aliphatic carbocycles. The number of carbonyl (C=O) groups excluding carboxylic acids is 1. The molecule has 0 radical (unpaired) electrons.